The van der Waals surface area contributed by atoms with Crippen molar-refractivity contribution < 1.29 is 0 Å². The van der Waals surface area contributed by atoms with Crippen LogP contribution >= 0.6 is 0 Å². The summed E-state index contributed by atoms with van der Waals surface area (Å²) in [5.41, 5.74) is 0.567. The second-order valence-electron chi connectivity index (χ2n) is 7.69. The molecule has 0 aromatic heterocycles. The van der Waals surface area contributed by atoms with Crippen LogP contribution in [0.15, 0.2) is 0 Å². The lowest BCUT2D eigenvalue weighted by Crippen LogP contribution is -2.43. The number of fused-ring (bicyclic) bond motifs is 2. The number of nitrogens with zero attached hydrogens (tertiary/aromatic N) is 1. The lowest BCUT2D eigenvalue weighted by atomic mass is 9.80. The van der Waals surface area contributed by atoms with Gasteiger partial charge in [0.05, 0.1) is 0 Å². The van der Waals surface area contributed by atoms with Crippen molar-refractivity contribution in [3.05, 3.63) is 0 Å². The van der Waals surface area contributed by atoms with Crippen LogP contribution in [-0.4, -0.2) is 38.1 Å². The van der Waals surface area contributed by atoms with Crippen LogP contribution in [-0.2, 0) is 0 Å². The van der Waals surface area contributed by atoms with Gasteiger partial charge >= 0.3 is 0 Å². The SMILES string of the molecule is CN(CC1CC2CCC1C2)CC1(C)CCNCC1. The van der Waals surface area contributed by atoms with Crippen molar-refractivity contribution in [2.24, 2.45) is 23.2 Å². The van der Waals surface area contributed by atoms with E-state index in [1.165, 1.54) is 58.3 Å². The first-order chi connectivity index (χ1) is 8.65. The Balaban J connectivity index is 1.48. The minimum atomic E-state index is 0.567. The fraction of sp³-hybridized carbons (Fsp3) is 1.00. The highest BCUT2D eigenvalue weighted by Gasteiger charge is 2.40. The molecule has 3 unspecified atom stereocenters. The van der Waals surface area contributed by atoms with Gasteiger partial charge in [-0.3, -0.25) is 0 Å². The molecule has 3 fully saturated rings. The van der Waals surface area contributed by atoms with E-state index in [0.717, 1.165) is 17.8 Å². The highest BCUT2D eigenvalue weighted by atomic mass is 15.1. The number of hydrogen-bond acceptors (Lipinski definition) is 2. The Morgan fingerprint density at radius 1 is 1.17 bits per heavy atom. The molecule has 0 amide bonds. The van der Waals surface area contributed by atoms with Crippen molar-refractivity contribution in [1.29, 1.82) is 0 Å². The number of rotatable bonds is 4. The van der Waals surface area contributed by atoms with Gasteiger partial charge in [0.25, 0.3) is 0 Å². The van der Waals surface area contributed by atoms with E-state index in [-0.39, 0.29) is 0 Å². The summed E-state index contributed by atoms with van der Waals surface area (Å²) in [4.78, 5) is 2.65. The first kappa shape index (κ1) is 12.9. The van der Waals surface area contributed by atoms with Crippen LogP contribution in [0, 0.1) is 23.2 Å². The van der Waals surface area contributed by atoms with Crippen molar-refractivity contribution in [3.63, 3.8) is 0 Å². The van der Waals surface area contributed by atoms with E-state index in [9.17, 15) is 0 Å². The first-order valence-corrected chi connectivity index (χ1v) is 8.04. The molecule has 0 spiro atoms. The molecule has 2 nitrogen and oxygen atoms in total. The monoisotopic (exact) mass is 250 g/mol. The third kappa shape index (κ3) is 2.75. The fourth-order valence-electron chi connectivity index (χ4n) is 4.91. The summed E-state index contributed by atoms with van der Waals surface area (Å²) in [6.45, 7) is 7.61. The molecule has 0 radical (unpaired) electrons. The molecule has 3 aliphatic rings. The molecule has 104 valence electrons. The quantitative estimate of drug-likeness (QED) is 0.825. The van der Waals surface area contributed by atoms with Crippen LogP contribution in [0.25, 0.3) is 0 Å². The maximum Gasteiger partial charge on any atom is 0.00333 e. The normalized spacial score (nSPS) is 38.5. The molecule has 1 saturated heterocycles. The van der Waals surface area contributed by atoms with Gasteiger partial charge in [0, 0.05) is 13.1 Å². The smallest absolute Gasteiger partial charge is 0.00333 e. The Morgan fingerprint density at radius 3 is 2.56 bits per heavy atom. The molecule has 1 N–H and O–H groups in total. The fourth-order valence-corrected chi connectivity index (χ4v) is 4.91. The third-order valence-electron chi connectivity index (χ3n) is 5.89. The van der Waals surface area contributed by atoms with Crippen molar-refractivity contribution in [1.82, 2.24) is 10.2 Å². The zero-order chi connectivity index (χ0) is 12.6. The summed E-state index contributed by atoms with van der Waals surface area (Å²) in [6.07, 6.45) is 8.87. The number of piperidine rings is 1. The zero-order valence-corrected chi connectivity index (χ0v) is 12.3. The molecule has 2 bridgehead atoms. The summed E-state index contributed by atoms with van der Waals surface area (Å²) >= 11 is 0. The van der Waals surface area contributed by atoms with Crippen molar-refractivity contribution >= 4 is 0 Å². The van der Waals surface area contributed by atoms with E-state index in [0.29, 0.717) is 5.41 Å². The highest BCUT2D eigenvalue weighted by molar-refractivity contribution is 4.92. The van der Waals surface area contributed by atoms with Gasteiger partial charge in [-0.2, -0.15) is 0 Å². The van der Waals surface area contributed by atoms with E-state index in [4.69, 9.17) is 0 Å². The molecule has 0 aromatic carbocycles. The van der Waals surface area contributed by atoms with Gasteiger partial charge in [-0.1, -0.05) is 13.3 Å². The third-order valence-corrected chi connectivity index (χ3v) is 5.89. The summed E-state index contributed by atoms with van der Waals surface area (Å²) in [5, 5.41) is 3.49. The number of nitrogens with one attached hydrogen (secondary N) is 1. The zero-order valence-electron chi connectivity index (χ0n) is 12.3. The van der Waals surface area contributed by atoms with Crippen LogP contribution in [0.2, 0.25) is 0 Å². The van der Waals surface area contributed by atoms with Crippen molar-refractivity contribution in [2.75, 3.05) is 33.2 Å². The van der Waals surface area contributed by atoms with Crippen LogP contribution in [0.5, 0.6) is 0 Å². The average molecular weight is 250 g/mol. The van der Waals surface area contributed by atoms with Crippen LogP contribution in [0.4, 0.5) is 0 Å². The lowest BCUT2D eigenvalue weighted by molar-refractivity contribution is 0.123. The minimum absolute atomic E-state index is 0.567. The van der Waals surface area contributed by atoms with Gasteiger partial charge in [-0.05, 0) is 75.4 Å². The number of hydrogen-bond donors (Lipinski definition) is 1. The van der Waals surface area contributed by atoms with Crippen molar-refractivity contribution in [3.8, 4) is 0 Å². The van der Waals surface area contributed by atoms with E-state index in [2.05, 4.69) is 24.2 Å². The molecule has 3 rings (SSSR count). The molecule has 2 heteroatoms. The Kier molecular flexibility index (Phi) is 3.68. The molecule has 1 heterocycles. The van der Waals surface area contributed by atoms with E-state index < -0.39 is 0 Å². The Bertz CT molecular complexity index is 283. The van der Waals surface area contributed by atoms with Gasteiger partial charge < -0.3 is 10.2 Å². The summed E-state index contributed by atoms with van der Waals surface area (Å²) in [6, 6.07) is 0. The van der Waals surface area contributed by atoms with Crippen molar-refractivity contribution in [2.45, 2.75) is 45.4 Å². The molecule has 1 aliphatic heterocycles. The summed E-state index contributed by atoms with van der Waals surface area (Å²) in [7, 11) is 2.36. The maximum atomic E-state index is 3.49. The molecule has 18 heavy (non-hydrogen) atoms. The van der Waals surface area contributed by atoms with Gasteiger partial charge in [0.2, 0.25) is 0 Å². The lowest BCUT2D eigenvalue weighted by Gasteiger charge is -2.38. The highest BCUT2D eigenvalue weighted by Crippen LogP contribution is 2.48. The van der Waals surface area contributed by atoms with Gasteiger partial charge in [0.15, 0.2) is 0 Å². The Labute approximate surface area is 113 Å². The first-order valence-electron chi connectivity index (χ1n) is 8.04. The standard InChI is InChI=1S/C16H30N2/c1-16(5-7-17-8-6-16)12-18(2)11-15-10-13-3-4-14(15)9-13/h13-15,17H,3-12H2,1-2H3. The van der Waals surface area contributed by atoms with Gasteiger partial charge in [-0.25, -0.2) is 0 Å². The largest absolute Gasteiger partial charge is 0.317 e. The van der Waals surface area contributed by atoms with Gasteiger partial charge in [-0.15, -0.1) is 0 Å². The molecule has 2 saturated carbocycles. The molecule has 0 aromatic rings. The average Bonchev–Trinajstić information content (AvgIpc) is 2.90. The van der Waals surface area contributed by atoms with Crippen LogP contribution in [0.3, 0.4) is 0 Å². The van der Waals surface area contributed by atoms with E-state index in [1.807, 2.05) is 0 Å². The summed E-state index contributed by atoms with van der Waals surface area (Å²) in [5.74, 6) is 3.21. The topological polar surface area (TPSA) is 15.3 Å². The van der Waals surface area contributed by atoms with E-state index in [1.54, 1.807) is 6.42 Å². The minimum Gasteiger partial charge on any atom is -0.317 e. The van der Waals surface area contributed by atoms with Crippen LogP contribution < -0.4 is 5.32 Å². The molecular weight excluding hydrogens is 220 g/mol. The van der Waals surface area contributed by atoms with Crippen LogP contribution in [0.1, 0.15) is 45.4 Å². The second-order valence-corrected chi connectivity index (χ2v) is 7.69. The van der Waals surface area contributed by atoms with Gasteiger partial charge in [0.1, 0.15) is 0 Å². The predicted octanol–water partition coefficient (Wildman–Crippen LogP) is 2.74. The Morgan fingerprint density at radius 2 is 1.94 bits per heavy atom. The molecule has 3 atom stereocenters. The maximum absolute atomic E-state index is 3.49. The van der Waals surface area contributed by atoms with E-state index >= 15 is 0 Å². The molecule has 2 aliphatic carbocycles. The molecular formula is C16H30N2. The summed E-state index contributed by atoms with van der Waals surface area (Å²) < 4.78 is 0. The predicted molar refractivity (Wildman–Crippen MR) is 76.6 cm³/mol. The second kappa shape index (κ2) is 5.13. The Hall–Kier alpha value is -0.0800.